The Labute approximate surface area is 200 Å². The minimum atomic E-state index is 0.00906. The molecule has 0 aliphatic heterocycles. The predicted octanol–water partition coefficient (Wildman–Crippen LogP) is 6.05. The van der Waals surface area contributed by atoms with Gasteiger partial charge in [-0.2, -0.15) is 0 Å². The number of thiazole rings is 1. The Bertz CT molecular complexity index is 1200. The quantitative estimate of drug-likeness (QED) is 0.307. The largest absolute Gasteiger partial charge is 0.309 e. The SMILES string of the molecule is CCc1ccc2nc(N(CCCN(C)C)C(=O)c3ccc(Cc4ccccc4)cc3)sc2c1. The predicted molar refractivity (Wildman–Crippen MR) is 140 cm³/mol. The lowest BCUT2D eigenvalue weighted by molar-refractivity contribution is 0.0986. The van der Waals surface area contributed by atoms with E-state index in [1.54, 1.807) is 11.3 Å². The van der Waals surface area contributed by atoms with Crippen molar-refractivity contribution in [1.82, 2.24) is 9.88 Å². The van der Waals surface area contributed by atoms with E-state index in [0.717, 1.165) is 41.2 Å². The second-order valence-electron chi connectivity index (χ2n) is 8.62. The standard InChI is InChI=1S/C28H31N3OS/c1-4-21-13-16-25-26(20-21)33-28(29-25)31(18-8-17-30(2)3)27(32)24-14-11-23(12-15-24)19-22-9-6-5-7-10-22/h5-7,9-16,20H,4,8,17-19H2,1-3H3. The smallest absolute Gasteiger partial charge is 0.260 e. The molecule has 0 spiro atoms. The summed E-state index contributed by atoms with van der Waals surface area (Å²) in [5, 5.41) is 0.773. The van der Waals surface area contributed by atoms with Crippen LogP contribution in [-0.2, 0) is 12.8 Å². The van der Waals surface area contributed by atoms with Crippen LogP contribution in [0.4, 0.5) is 5.13 Å². The van der Waals surface area contributed by atoms with Crippen molar-refractivity contribution in [2.45, 2.75) is 26.2 Å². The van der Waals surface area contributed by atoms with Gasteiger partial charge in [0, 0.05) is 12.1 Å². The van der Waals surface area contributed by atoms with E-state index in [0.29, 0.717) is 12.1 Å². The molecule has 0 N–H and O–H groups in total. The highest BCUT2D eigenvalue weighted by Gasteiger charge is 2.21. The van der Waals surface area contributed by atoms with Crippen LogP contribution in [-0.4, -0.2) is 43.0 Å². The summed E-state index contributed by atoms with van der Waals surface area (Å²) in [6, 6.07) is 24.8. The summed E-state index contributed by atoms with van der Waals surface area (Å²) in [6.45, 7) is 3.72. The van der Waals surface area contributed by atoms with Crippen LogP contribution in [0, 0.1) is 0 Å². The average Bonchev–Trinajstić information content (AvgIpc) is 3.25. The summed E-state index contributed by atoms with van der Waals surface area (Å²) in [6.07, 6.45) is 2.74. The summed E-state index contributed by atoms with van der Waals surface area (Å²) in [7, 11) is 4.11. The molecule has 3 aromatic carbocycles. The fraction of sp³-hybridized carbons (Fsp3) is 0.286. The molecule has 0 unspecified atom stereocenters. The van der Waals surface area contributed by atoms with Gasteiger partial charge < -0.3 is 4.90 Å². The summed E-state index contributed by atoms with van der Waals surface area (Å²) in [5.74, 6) is 0.00906. The van der Waals surface area contributed by atoms with Crippen molar-refractivity contribution >= 4 is 32.6 Å². The van der Waals surface area contributed by atoms with Gasteiger partial charge in [-0.25, -0.2) is 4.98 Å². The highest BCUT2D eigenvalue weighted by molar-refractivity contribution is 7.22. The van der Waals surface area contributed by atoms with Gasteiger partial charge >= 0.3 is 0 Å². The third kappa shape index (κ3) is 5.86. The minimum Gasteiger partial charge on any atom is -0.309 e. The van der Waals surface area contributed by atoms with E-state index < -0.39 is 0 Å². The zero-order valence-corrected chi connectivity index (χ0v) is 20.4. The van der Waals surface area contributed by atoms with Crippen molar-refractivity contribution in [2.75, 3.05) is 32.1 Å². The Morgan fingerprint density at radius 3 is 2.27 bits per heavy atom. The van der Waals surface area contributed by atoms with Crippen LogP contribution in [0.15, 0.2) is 72.8 Å². The van der Waals surface area contributed by atoms with Gasteiger partial charge in [0.1, 0.15) is 0 Å². The molecule has 0 saturated carbocycles. The Morgan fingerprint density at radius 1 is 0.879 bits per heavy atom. The van der Waals surface area contributed by atoms with Crippen molar-refractivity contribution in [3.8, 4) is 0 Å². The van der Waals surface area contributed by atoms with E-state index in [2.05, 4.69) is 80.5 Å². The lowest BCUT2D eigenvalue weighted by atomic mass is 10.0. The molecule has 0 saturated heterocycles. The number of aromatic nitrogens is 1. The van der Waals surface area contributed by atoms with Gasteiger partial charge in [0.15, 0.2) is 5.13 Å². The molecule has 0 bridgehead atoms. The van der Waals surface area contributed by atoms with Gasteiger partial charge in [-0.05, 0) is 80.9 Å². The summed E-state index contributed by atoms with van der Waals surface area (Å²) >= 11 is 1.60. The van der Waals surface area contributed by atoms with Gasteiger partial charge in [-0.3, -0.25) is 9.69 Å². The number of hydrogen-bond donors (Lipinski definition) is 0. The van der Waals surface area contributed by atoms with Crippen molar-refractivity contribution in [3.63, 3.8) is 0 Å². The molecule has 0 aliphatic rings. The molecule has 0 aliphatic carbocycles. The maximum absolute atomic E-state index is 13.6. The molecular weight excluding hydrogens is 426 g/mol. The van der Waals surface area contributed by atoms with Gasteiger partial charge in [-0.1, -0.05) is 66.8 Å². The topological polar surface area (TPSA) is 36.4 Å². The van der Waals surface area contributed by atoms with E-state index in [-0.39, 0.29) is 5.91 Å². The minimum absolute atomic E-state index is 0.00906. The molecule has 0 atom stereocenters. The lowest BCUT2D eigenvalue weighted by Gasteiger charge is -2.21. The number of anilines is 1. The highest BCUT2D eigenvalue weighted by Crippen LogP contribution is 2.31. The number of rotatable bonds is 9. The van der Waals surface area contributed by atoms with E-state index in [1.165, 1.54) is 16.7 Å². The molecule has 1 heterocycles. The van der Waals surface area contributed by atoms with Gasteiger partial charge in [0.2, 0.25) is 0 Å². The molecule has 5 heteroatoms. The third-order valence-corrected chi connectivity index (χ3v) is 6.81. The van der Waals surface area contributed by atoms with Crippen molar-refractivity contribution in [3.05, 3.63) is 95.1 Å². The molecule has 170 valence electrons. The van der Waals surface area contributed by atoms with Crippen LogP contribution in [0.3, 0.4) is 0 Å². The molecule has 4 rings (SSSR count). The highest BCUT2D eigenvalue weighted by atomic mass is 32.1. The lowest BCUT2D eigenvalue weighted by Crippen LogP contribution is -2.33. The number of fused-ring (bicyclic) bond motifs is 1. The van der Waals surface area contributed by atoms with Gasteiger partial charge in [-0.15, -0.1) is 0 Å². The molecule has 4 nitrogen and oxygen atoms in total. The summed E-state index contributed by atoms with van der Waals surface area (Å²) in [5.41, 5.74) is 5.41. The van der Waals surface area contributed by atoms with Gasteiger partial charge in [0.25, 0.3) is 5.91 Å². The van der Waals surface area contributed by atoms with E-state index >= 15 is 0 Å². The van der Waals surface area contributed by atoms with E-state index in [9.17, 15) is 4.79 Å². The second kappa shape index (κ2) is 10.7. The number of hydrogen-bond acceptors (Lipinski definition) is 4. The first kappa shape index (κ1) is 23.1. The monoisotopic (exact) mass is 457 g/mol. The van der Waals surface area contributed by atoms with Crippen LogP contribution in [0.5, 0.6) is 0 Å². The fourth-order valence-electron chi connectivity index (χ4n) is 3.87. The summed E-state index contributed by atoms with van der Waals surface area (Å²) in [4.78, 5) is 22.4. The van der Waals surface area contributed by atoms with Crippen LogP contribution in [0.2, 0.25) is 0 Å². The number of benzene rings is 3. The van der Waals surface area contributed by atoms with Crippen molar-refractivity contribution in [2.24, 2.45) is 0 Å². The van der Waals surface area contributed by atoms with Crippen LogP contribution < -0.4 is 4.90 Å². The molecule has 4 aromatic rings. The average molecular weight is 458 g/mol. The number of nitrogens with zero attached hydrogens (tertiary/aromatic N) is 3. The first-order chi connectivity index (χ1) is 16.0. The molecule has 1 aromatic heterocycles. The van der Waals surface area contributed by atoms with Crippen molar-refractivity contribution < 1.29 is 4.79 Å². The number of carbonyl (C=O) groups excluding carboxylic acids is 1. The maximum atomic E-state index is 13.6. The zero-order chi connectivity index (χ0) is 23.2. The first-order valence-corrected chi connectivity index (χ1v) is 12.3. The number of aryl methyl sites for hydroxylation is 1. The normalized spacial score (nSPS) is 11.3. The Kier molecular flexibility index (Phi) is 7.53. The molecular formula is C28H31N3OS. The maximum Gasteiger partial charge on any atom is 0.260 e. The third-order valence-electron chi connectivity index (χ3n) is 5.76. The van der Waals surface area contributed by atoms with Crippen molar-refractivity contribution in [1.29, 1.82) is 0 Å². The first-order valence-electron chi connectivity index (χ1n) is 11.5. The second-order valence-corrected chi connectivity index (χ2v) is 9.63. The van der Waals surface area contributed by atoms with Gasteiger partial charge in [0.05, 0.1) is 10.2 Å². The fourth-order valence-corrected chi connectivity index (χ4v) is 4.93. The number of amides is 1. The Balaban J connectivity index is 1.57. The van der Waals surface area contributed by atoms with Crippen LogP contribution in [0.25, 0.3) is 10.2 Å². The zero-order valence-electron chi connectivity index (χ0n) is 19.6. The van der Waals surface area contributed by atoms with Crippen LogP contribution >= 0.6 is 11.3 Å². The molecule has 0 fully saturated rings. The number of carbonyl (C=O) groups is 1. The Hall–Kier alpha value is -3.02. The molecule has 0 radical (unpaired) electrons. The van der Waals surface area contributed by atoms with E-state index in [4.69, 9.17) is 4.98 Å². The molecule has 1 amide bonds. The molecule has 33 heavy (non-hydrogen) atoms. The van der Waals surface area contributed by atoms with E-state index in [1.807, 2.05) is 23.1 Å². The van der Waals surface area contributed by atoms with Crippen LogP contribution in [0.1, 0.15) is 40.4 Å². The summed E-state index contributed by atoms with van der Waals surface area (Å²) < 4.78 is 1.13. The Morgan fingerprint density at radius 2 is 1.58 bits per heavy atom.